The van der Waals surface area contributed by atoms with Crippen molar-refractivity contribution in [1.29, 1.82) is 0 Å². The normalized spacial score (nSPS) is 10.7. The molecule has 0 rings (SSSR count). The van der Waals surface area contributed by atoms with Crippen molar-refractivity contribution in [3.63, 3.8) is 0 Å². The summed E-state index contributed by atoms with van der Waals surface area (Å²) in [5.74, 6) is -1.84. The van der Waals surface area contributed by atoms with Gasteiger partial charge in [-0.3, -0.25) is 19.2 Å². The number of carboxylic acid groups (broad SMARTS) is 2. The highest BCUT2D eigenvalue weighted by molar-refractivity contribution is 5.69. The lowest BCUT2D eigenvalue weighted by Crippen LogP contribution is -2.07. The first-order valence-electron chi connectivity index (χ1n) is 12.7. The van der Waals surface area contributed by atoms with E-state index in [1.165, 1.54) is 0 Å². The van der Waals surface area contributed by atoms with Gasteiger partial charge in [-0.2, -0.15) is 0 Å². The highest BCUT2D eigenvalue weighted by Crippen LogP contribution is 2.10. The second-order valence-corrected chi connectivity index (χ2v) is 8.53. The van der Waals surface area contributed by atoms with Gasteiger partial charge in [0.05, 0.1) is 13.2 Å². The Balaban J connectivity index is 3.31. The lowest BCUT2D eigenvalue weighted by atomic mass is 10.1. The molecule has 0 bridgehead atoms. The van der Waals surface area contributed by atoms with Crippen LogP contribution in [0, 0.1) is 0 Å². The molecule has 0 aromatic rings. The Bertz CT molecular complexity index is 486. The summed E-state index contributed by atoms with van der Waals surface area (Å²) in [5, 5.41) is 17.1. The molecule has 0 saturated heterocycles. The van der Waals surface area contributed by atoms with Gasteiger partial charge in [0, 0.05) is 25.7 Å². The number of hydrogen-bond acceptors (Lipinski definition) is 6. The fraction of sp³-hybridized carbons (Fsp3) is 0.840. The number of carbonyl (C=O) groups is 4. The minimum atomic E-state index is -0.746. The minimum Gasteiger partial charge on any atom is -0.481 e. The molecule has 2 N–H and O–H groups in total. The highest BCUT2D eigenvalue weighted by atomic mass is 16.5. The van der Waals surface area contributed by atoms with E-state index in [4.69, 9.17) is 19.7 Å². The van der Waals surface area contributed by atoms with E-state index >= 15 is 0 Å². The van der Waals surface area contributed by atoms with Gasteiger partial charge in [0.1, 0.15) is 0 Å². The van der Waals surface area contributed by atoms with Gasteiger partial charge in [0.2, 0.25) is 0 Å². The van der Waals surface area contributed by atoms with Crippen LogP contribution in [0.25, 0.3) is 0 Å². The van der Waals surface area contributed by atoms with E-state index in [1.54, 1.807) is 0 Å². The first-order chi connectivity index (χ1) is 15.9. The van der Waals surface area contributed by atoms with E-state index < -0.39 is 11.9 Å². The smallest absolute Gasteiger partial charge is 0.305 e. The maximum Gasteiger partial charge on any atom is 0.305 e. The summed E-state index contributed by atoms with van der Waals surface area (Å²) < 4.78 is 10.4. The van der Waals surface area contributed by atoms with Crippen LogP contribution in [0.5, 0.6) is 0 Å². The summed E-state index contributed by atoms with van der Waals surface area (Å²) in [6.45, 7) is 0.795. The third-order valence-electron chi connectivity index (χ3n) is 5.36. The molecule has 0 aromatic heterocycles. The van der Waals surface area contributed by atoms with E-state index in [-0.39, 0.29) is 24.8 Å². The van der Waals surface area contributed by atoms with Crippen molar-refractivity contribution in [2.75, 3.05) is 13.2 Å². The van der Waals surface area contributed by atoms with Crippen molar-refractivity contribution < 1.29 is 38.9 Å². The van der Waals surface area contributed by atoms with Gasteiger partial charge in [-0.1, -0.05) is 51.4 Å². The summed E-state index contributed by atoms with van der Waals surface area (Å²) in [6, 6.07) is 0. The Kier molecular flexibility index (Phi) is 21.6. The van der Waals surface area contributed by atoms with Crippen molar-refractivity contribution in [3.8, 4) is 0 Å². The Morgan fingerprint density at radius 1 is 0.394 bits per heavy atom. The molecule has 33 heavy (non-hydrogen) atoms. The number of esters is 2. The Morgan fingerprint density at radius 2 is 0.667 bits per heavy atom. The van der Waals surface area contributed by atoms with Gasteiger partial charge in [0.25, 0.3) is 0 Å². The molecule has 0 saturated carbocycles. The van der Waals surface area contributed by atoms with Crippen LogP contribution in [-0.4, -0.2) is 47.3 Å². The summed E-state index contributed by atoms with van der Waals surface area (Å²) in [7, 11) is 0. The molecule has 0 amide bonds. The molecule has 0 aliphatic heterocycles. The zero-order valence-electron chi connectivity index (χ0n) is 20.2. The van der Waals surface area contributed by atoms with E-state index in [2.05, 4.69) is 0 Å². The number of aliphatic carboxylic acids is 2. The first kappa shape index (κ1) is 30.9. The summed E-state index contributed by atoms with van der Waals surface area (Å²) >= 11 is 0. The summed E-state index contributed by atoms with van der Waals surface area (Å²) in [6.07, 6.45) is 14.5. The molecule has 0 atom stereocenters. The fourth-order valence-electron chi connectivity index (χ4n) is 3.40. The number of carbonyl (C=O) groups excluding carboxylic acids is 2. The predicted molar refractivity (Wildman–Crippen MR) is 125 cm³/mol. The largest absolute Gasteiger partial charge is 0.481 e. The average Bonchev–Trinajstić information content (AvgIpc) is 2.76. The first-order valence-corrected chi connectivity index (χ1v) is 12.7. The van der Waals surface area contributed by atoms with Crippen LogP contribution < -0.4 is 0 Å². The van der Waals surface area contributed by atoms with Crippen LogP contribution in [0.4, 0.5) is 0 Å². The topological polar surface area (TPSA) is 127 Å². The monoisotopic (exact) mass is 472 g/mol. The van der Waals surface area contributed by atoms with Crippen LogP contribution in [0.1, 0.15) is 122 Å². The zero-order valence-corrected chi connectivity index (χ0v) is 20.2. The Hall–Kier alpha value is -2.12. The lowest BCUT2D eigenvalue weighted by molar-refractivity contribution is -0.144. The lowest BCUT2D eigenvalue weighted by Gasteiger charge is -2.06. The number of hydrogen-bond donors (Lipinski definition) is 2. The third kappa shape index (κ3) is 26.0. The maximum atomic E-state index is 11.7. The van der Waals surface area contributed by atoms with Gasteiger partial charge >= 0.3 is 23.9 Å². The molecular weight excluding hydrogens is 428 g/mol. The Morgan fingerprint density at radius 3 is 1.00 bits per heavy atom. The standard InChI is InChI=1S/C25H44O8/c26-22(27)16-10-5-1-3-7-12-18-24(30)32-20-14-9-15-21-33-25(31)19-13-8-4-2-6-11-17-23(28)29/h1-21H2,(H,26,27)(H,28,29). The SMILES string of the molecule is O=C(O)CCCCCCCCC(=O)OCCCCCOC(=O)CCCCCCCCC(=O)O. The molecule has 8 heteroatoms. The van der Waals surface area contributed by atoms with Crippen LogP contribution >= 0.6 is 0 Å². The molecular formula is C25H44O8. The molecule has 0 radical (unpaired) electrons. The summed E-state index contributed by atoms with van der Waals surface area (Å²) in [4.78, 5) is 44.2. The maximum absolute atomic E-state index is 11.7. The molecule has 8 nitrogen and oxygen atoms in total. The van der Waals surface area contributed by atoms with Gasteiger partial charge < -0.3 is 19.7 Å². The molecule has 192 valence electrons. The van der Waals surface area contributed by atoms with Crippen molar-refractivity contribution in [3.05, 3.63) is 0 Å². The molecule has 0 heterocycles. The van der Waals surface area contributed by atoms with Gasteiger partial charge in [0.15, 0.2) is 0 Å². The van der Waals surface area contributed by atoms with Gasteiger partial charge in [-0.25, -0.2) is 0 Å². The second kappa shape index (κ2) is 23.1. The highest BCUT2D eigenvalue weighted by Gasteiger charge is 2.05. The predicted octanol–water partition coefficient (Wildman–Crippen LogP) is 5.65. The minimum absolute atomic E-state index is 0.172. The van der Waals surface area contributed by atoms with Gasteiger partial charge in [-0.15, -0.1) is 0 Å². The molecule has 0 aliphatic carbocycles. The molecule has 0 aromatic carbocycles. The fourth-order valence-corrected chi connectivity index (χ4v) is 3.40. The number of unbranched alkanes of at least 4 members (excludes halogenated alkanes) is 12. The molecule has 0 spiro atoms. The number of rotatable bonds is 24. The van der Waals surface area contributed by atoms with E-state index in [0.29, 0.717) is 26.1 Å². The quantitative estimate of drug-likeness (QED) is 0.136. The van der Waals surface area contributed by atoms with Crippen molar-refractivity contribution >= 4 is 23.9 Å². The van der Waals surface area contributed by atoms with Crippen LogP contribution in [-0.2, 0) is 28.7 Å². The number of ether oxygens (including phenoxy) is 2. The zero-order chi connectivity index (χ0) is 24.6. The van der Waals surface area contributed by atoms with Crippen molar-refractivity contribution in [2.45, 2.75) is 122 Å². The van der Waals surface area contributed by atoms with Crippen LogP contribution in [0.15, 0.2) is 0 Å². The van der Waals surface area contributed by atoms with Crippen LogP contribution in [0.2, 0.25) is 0 Å². The van der Waals surface area contributed by atoms with Crippen molar-refractivity contribution in [2.24, 2.45) is 0 Å². The van der Waals surface area contributed by atoms with E-state index in [0.717, 1.165) is 96.3 Å². The van der Waals surface area contributed by atoms with Crippen molar-refractivity contribution in [1.82, 2.24) is 0 Å². The van der Waals surface area contributed by atoms with E-state index in [1.807, 2.05) is 0 Å². The molecule has 0 fully saturated rings. The van der Waals surface area contributed by atoms with E-state index in [9.17, 15) is 19.2 Å². The van der Waals surface area contributed by atoms with Crippen LogP contribution in [0.3, 0.4) is 0 Å². The number of carboxylic acids is 2. The molecule has 0 unspecified atom stereocenters. The summed E-state index contributed by atoms with van der Waals surface area (Å²) in [5.41, 5.74) is 0. The van der Waals surface area contributed by atoms with Gasteiger partial charge in [-0.05, 0) is 44.9 Å². The molecule has 0 aliphatic rings. The Labute approximate surface area is 198 Å². The second-order valence-electron chi connectivity index (χ2n) is 8.53. The third-order valence-corrected chi connectivity index (χ3v) is 5.36. The average molecular weight is 473 g/mol.